The molecule has 0 atom stereocenters. The van der Waals surface area contributed by atoms with Crippen molar-refractivity contribution in [3.05, 3.63) is 45.6 Å². The Kier molecular flexibility index (Phi) is 3.67. The third-order valence-electron chi connectivity index (χ3n) is 3.76. The minimum Gasteiger partial charge on any atom is -0.476 e. The lowest BCUT2D eigenvalue weighted by molar-refractivity contribution is -0.141. The Hall–Kier alpha value is -2.35. The van der Waals surface area contributed by atoms with Gasteiger partial charge in [-0.3, -0.25) is 4.40 Å². The van der Waals surface area contributed by atoms with Gasteiger partial charge in [-0.2, -0.15) is 13.2 Å². The van der Waals surface area contributed by atoms with Crippen molar-refractivity contribution in [3.63, 3.8) is 0 Å². The third-order valence-corrected chi connectivity index (χ3v) is 4.71. The maximum Gasteiger partial charge on any atom is 0.435 e. The van der Waals surface area contributed by atoms with Crippen molar-refractivity contribution < 1.29 is 23.1 Å². The van der Waals surface area contributed by atoms with Gasteiger partial charge in [0.25, 0.3) is 0 Å². The molecule has 3 rings (SSSR count). The van der Waals surface area contributed by atoms with E-state index in [1.807, 2.05) is 26.0 Å². The van der Waals surface area contributed by atoms with E-state index in [4.69, 9.17) is 0 Å². The van der Waals surface area contributed by atoms with Crippen LogP contribution < -0.4 is 0 Å². The van der Waals surface area contributed by atoms with Crippen molar-refractivity contribution in [1.82, 2.24) is 9.38 Å². The Balaban J connectivity index is 2.43. The minimum atomic E-state index is -4.83. The van der Waals surface area contributed by atoms with E-state index in [0.717, 1.165) is 26.9 Å². The Morgan fingerprint density at radius 1 is 1.25 bits per heavy atom. The van der Waals surface area contributed by atoms with Crippen molar-refractivity contribution in [2.45, 2.75) is 26.9 Å². The number of rotatable bonds is 2. The Morgan fingerprint density at radius 3 is 2.46 bits per heavy atom. The van der Waals surface area contributed by atoms with Crippen LogP contribution in [0, 0.1) is 20.8 Å². The van der Waals surface area contributed by atoms with Crippen molar-refractivity contribution in [3.8, 4) is 11.3 Å². The van der Waals surface area contributed by atoms with Gasteiger partial charge in [-0.15, -0.1) is 11.3 Å². The predicted octanol–water partition coefficient (Wildman–Crippen LogP) is 4.71. The number of halogens is 3. The zero-order valence-corrected chi connectivity index (χ0v) is 13.8. The molecule has 0 saturated heterocycles. The maximum absolute atomic E-state index is 13.2. The summed E-state index contributed by atoms with van der Waals surface area (Å²) in [4.78, 5) is 15.8. The van der Waals surface area contributed by atoms with Gasteiger partial charge in [0.15, 0.2) is 16.3 Å². The molecule has 2 aromatic heterocycles. The number of fused-ring (bicyclic) bond motifs is 1. The van der Waals surface area contributed by atoms with Gasteiger partial charge in [-0.25, -0.2) is 9.78 Å². The van der Waals surface area contributed by atoms with E-state index in [2.05, 4.69) is 4.98 Å². The van der Waals surface area contributed by atoms with Gasteiger partial charge in [-0.1, -0.05) is 23.8 Å². The summed E-state index contributed by atoms with van der Waals surface area (Å²) in [7, 11) is 0. The number of alkyl halides is 3. The molecule has 0 aliphatic carbocycles. The lowest BCUT2D eigenvalue weighted by Crippen LogP contribution is -2.14. The fourth-order valence-electron chi connectivity index (χ4n) is 2.80. The highest BCUT2D eigenvalue weighted by atomic mass is 32.1. The van der Waals surface area contributed by atoms with Crippen LogP contribution in [0.2, 0.25) is 0 Å². The average molecular weight is 354 g/mol. The highest BCUT2D eigenvalue weighted by Gasteiger charge is 2.41. The number of hydrogen-bond acceptors (Lipinski definition) is 3. The molecule has 0 spiro atoms. The zero-order valence-electron chi connectivity index (χ0n) is 13.0. The highest BCUT2D eigenvalue weighted by Crippen LogP contribution is 2.39. The summed E-state index contributed by atoms with van der Waals surface area (Å²) in [6, 6.07) is 5.53. The maximum atomic E-state index is 13.2. The topological polar surface area (TPSA) is 54.6 Å². The molecule has 4 nitrogen and oxygen atoms in total. The number of aromatic carboxylic acids is 1. The molecule has 0 bridgehead atoms. The minimum absolute atomic E-state index is 0.0206. The summed E-state index contributed by atoms with van der Waals surface area (Å²) < 4.78 is 40.6. The molecular weight excluding hydrogens is 341 g/mol. The van der Waals surface area contributed by atoms with E-state index >= 15 is 0 Å². The van der Waals surface area contributed by atoms with Gasteiger partial charge in [0.1, 0.15) is 0 Å². The number of carbonyl (C=O) groups is 1. The van der Waals surface area contributed by atoms with E-state index in [0.29, 0.717) is 16.1 Å². The first-order chi connectivity index (χ1) is 11.1. The lowest BCUT2D eigenvalue weighted by Gasteiger charge is -2.10. The van der Waals surface area contributed by atoms with E-state index < -0.39 is 23.5 Å². The van der Waals surface area contributed by atoms with Gasteiger partial charge in [0.05, 0.1) is 5.69 Å². The molecule has 0 amide bonds. The van der Waals surface area contributed by atoms with Crippen LogP contribution in [-0.2, 0) is 6.18 Å². The van der Waals surface area contributed by atoms with Gasteiger partial charge < -0.3 is 5.11 Å². The molecule has 24 heavy (non-hydrogen) atoms. The smallest absolute Gasteiger partial charge is 0.435 e. The van der Waals surface area contributed by atoms with Crippen molar-refractivity contribution in [1.29, 1.82) is 0 Å². The molecule has 0 aliphatic rings. The Bertz CT molecular complexity index is 970. The second kappa shape index (κ2) is 5.34. The quantitative estimate of drug-likeness (QED) is 0.725. The number of nitrogens with zero attached hydrogens (tertiary/aromatic N) is 2. The van der Waals surface area contributed by atoms with Crippen LogP contribution in [0.3, 0.4) is 0 Å². The predicted molar refractivity (Wildman–Crippen MR) is 84.7 cm³/mol. The van der Waals surface area contributed by atoms with Crippen molar-refractivity contribution in [2.24, 2.45) is 0 Å². The van der Waals surface area contributed by atoms with Crippen LogP contribution >= 0.6 is 11.3 Å². The highest BCUT2D eigenvalue weighted by molar-refractivity contribution is 7.17. The lowest BCUT2D eigenvalue weighted by atomic mass is 10.0. The Morgan fingerprint density at radius 2 is 1.92 bits per heavy atom. The summed E-state index contributed by atoms with van der Waals surface area (Å²) in [5.74, 6) is -1.65. The van der Waals surface area contributed by atoms with Gasteiger partial charge >= 0.3 is 12.1 Å². The first kappa shape index (κ1) is 16.5. The normalized spacial score (nSPS) is 12.1. The molecule has 3 aromatic rings. The first-order valence-electron chi connectivity index (χ1n) is 7.01. The number of thiazole rings is 1. The summed E-state index contributed by atoms with van der Waals surface area (Å²) >= 11 is 1.04. The molecule has 0 aliphatic heterocycles. The molecule has 2 heterocycles. The molecule has 126 valence electrons. The summed E-state index contributed by atoms with van der Waals surface area (Å²) in [6.07, 6.45) is -4.83. The fraction of sp³-hybridized carbons (Fsp3) is 0.250. The molecular formula is C16H13F3N2O2S. The van der Waals surface area contributed by atoms with Gasteiger partial charge in [0, 0.05) is 10.4 Å². The average Bonchev–Trinajstić information content (AvgIpc) is 2.94. The molecule has 0 saturated carbocycles. The molecule has 0 unspecified atom stereocenters. The summed E-state index contributed by atoms with van der Waals surface area (Å²) in [5, 5.41) is 9.35. The summed E-state index contributed by atoms with van der Waals surface area (Å²) in [6.45, 7) is 5.49. The molecule has 1 aromatic carbocycles. The van der Waals surface area contributed by atoms with Crippen molar-refractivity contribution >= 4 is 22.3 Å². The van der Waals surface area contributed by atoms with Crippen LogP contribution in [0.5, 0.6) is 0 Å². The second-order valence-electron chi connectivity index (χ2n) is 5.56. The van der Waals surface area contributed by atoms with E-state index in [1.54, 1.807) is 13.0 Å². The van der Waals surface area contributed by atoms with E-state index in [1.165, 1.54) is 0 Å². The van der Waals surface area contributed by atoms with E-state index in [-0.39, 0.29) is 4.96 Å². The Labute approximate surface area is 139 Å². The van der Waals surface area contributed by atoms with Crippen LogP contribution in [-0.4, -0.2) is 20.5 Å². The second-order valence-corrected chi connectivity index (χ2v) is 6.74. The summed E-state index contributed by atoms with van der Waals surface area (Å²) in [5.41, 5.74) is 0.784. The number of benzene rings is 1. The monoisotopic (exact) mass is 354 g/mol. The van der Waals surface area contributed by atoms with Gasteiger partial charge in [-0.05, 0) is 26.3 Å². The van der Waals surface area contributed by atoms with Crippen LogP contribution in [0.4, 0.5) is 13.2 Å². The molecule has 8 heteroatoms. The zero-order chi connectivity index (χ0) is 17.8. The third kappa shape index (κ3) is 2.47. The number of hydrogen-bond donors (Lipinski definition) is 1. The number of imidazole rings is 1. The van der Waals surface area contributed by atoms with Crippen LogP contribution in [0.25, 0.3) is 16.2 Å². The van der Waals surface area contributed by atoms with Crippen molar-refractivity contribution in [2.75, 3.05) is 0 Å². The molecule has 1 N–H and O–H groups in total. The molecule has 0 radical (unpaired) electrons. The van der Waals surface area contributed by atoms with E-state index in [9.17, 15) is 23.1 Å². The fourth-order valence-corrected chi connectivity index (χ4v) is 3.79. The van der Waals surface area contributed by atoms with Crippen LogP contribution in [0.1, 0.15) is 32.2 Å². The first-order valence-corrected chi connectivity index (χ1v) is 7.83. The van der Waals surface area contributed by atoms with Crippen LogP contribution in [0.15, 0.2) is 18.2 Å². The number of carboxylic acid groups (broad SMARTS) is 1. The molecule has 0 fully saturated rings. The number of carboxylic acids is 1. The number of aryl methyl sites for hydroxylation is 3. The number of aromatic nitrogens is 2. The van der Waals surface area contributed by atoms with Gasteiger partial charge in [0.2, 0.25) is 0 Å². The standard InChI is InChI=1S/C16H13F3N2O2S/c1-7-4-5-10(8(2)6-7)11-9(3)24-15-20-13(16(17,18)19)12(14(22)23)21(11)15/h4-6H,1-3H3,(H,22,23). The largest absolute Gasteiger partial charge is 0.476 e. The SMILES string of the molecule is Cc1ccc(-c2c(C)sc3nc(C(F)(F)F)c(C(=O)O)n23)c(C)c1.